The van der Waals surface area contributed by atoms with Crippen LogP contribution in [0.1, 0.15) is 58.8 Å². The molecule has 0 saturated heterocycles. The highest BCUT2D eigenvalue weighted by molar-refractivity contribution is 4.68. The number of rotatable bonds is 9. The fraction of sp³-hybridized carbons (Fsp3) is 1.00. The van der Waals surface area contributed by atoms with Gasteiger partial charge in [0.05, 0.1) is 6.10 Å². The lowest BCUT2D eigenvalue weighted by Gasteiger charge is -2.20. The molecular weight excluding hydrogens is 176 g/mol. The summed E-state index contributed by atoms with van der Waals surface area (Å²) in [6.45, 7) is 4.43. The Labute approximate surface area is 88.3 Å². The first-order valence-electron chi connectivity index (χ1n) is 6.05. The molecule has 0 aromatic carbocycles. The minimum atomic E-state index is -0.293. The third-order valence-electron chi connectivity index (χ3n) is 2.81. The Morgan fingerprint density at radius 1 is 0.929 bits per heavy atom. The van der Waals surface area contributed by atoms with E-state index < -0.39 is 0 Å². The van der Waals surface area contributed by atoms with Crippen molar-refractivity contribution in [1.82, 2.24) is 0 Å². The van der Waals surface area contributed by atoms with Crippen LogP contribution in [0.3, 0.4) is 0 Å². The zero-order valence-corrected chi connectivity index (χ0v) is 9.71. The molecule has 0 saturated carbocycles. The monoisotopic (exact) mass is 202 g/mol. The van der Waals surface area contributed by atoms with Gasteiger partial charge in [-0.3, -0.25) is 0 Å². The van der Waals surface area contributed by atoms with E-state index in [0.717, 1.165) is 32.1 Å². The zero-order valence-electron chi connectivity index (χ0n) is 9.71. The molecule has 0 rings (SSSR count). The molecule has 0 aliphatic carbocycles. The van der Waals surface area contributed by atoms with Gasteiger partial charge < -0.3 is 10.2 Å². The summed E-state index contributed by atoms with van der Waals surface area (Å²) in [5.41, 5.74) is 0. The SMILES string of the molecule is CCCCC[C@H](O)[C@@H](CO)CCCC. The second-order valence-corrected chi connectivity index (χ2v) is 4.15. The summed E-state index contributed by atoms with van der Waals surface area (Å²) in [5, 5.41) is 18.9. The lowest BCUT2D eigenvalue weighted by Crippen LogP contribution is -2.23. The van der Waals surface area contributed by atoms with Crippen molar-refractivity contribution in [2.45, 2.75) is 64.9 Å². The number of aliphatic hydroxyl groups excluding tert-OH is 2. The summed E-state index contributed by atoms with van der Waals surface area (Å²) in [5.74, 6) is 0.104. The van der Waals surface area contributed by atoms with Gasteiger partial charge in [-0.1, -0.05) is 46.0 Å². The van der Waals surface area contributed by atoms with Gasteiger partial charge >= 0.3 is 0 Å². The minimum absolute atomic E-state index is 0.104. The fourth-order valence-electron chi connectivity index (χ4n) is 1.71. The van der Waals surface area contributed by atoms with Crippen LogP contribution in [0.25, 0.3) is 0 Å². The summed E-state index contributed by atoms with van der Waals surface area (Å²) >= 11 is 0. The standard InChI is InChI=1S/C12H26O2/c1-3-5-7-9-12(14)11(10-13)8-6-4-2/h11-14H,3-10H2,1-2H3/t11-,12+/m1/s1. The van der Waals surface area contributed by atoms with Crippen molar-refractivity contribution < 1.29 is 10.2 Å². The molecule has 0 aliphatic heterocycles. The predicted octanol–water partition coefficient (Wildman–Crippen LogP) is 2.73. The van der Waals surface area contributed by atoms with Crippen molar-refractivity contribution in [3.63, 3.8) is 0 Å². The maximum Gasteiger partial charge on any atom is 0.0590 e. The highest BCUT2D eigenvalue weighted by Gasteiger charge is 2.16. The molecule has 0 radical (unpaired) electrons. The Morgan fingerprint density at radius 3 is 2.07 bits per heavy atom. The average Bonchev–Trinajstić information content (AvgIpc) is 2.19. The number of hydrogen-bond acceptors (Lipinski definition) is 2. The first-order chi connectivity index (χ1) is 6.76. The van der Waals surface area contributed by atoms with Gasteiger partial charge in [-0.2, -0.15) is 0 Å². The summed E-state index contributed by atoms with van der Waals surface area (Å²) < 4.78 is 0. The van der Waals surface area contributed by atoms with Crippen molar-refractivity contribution >= 4 is 0 Å². The van der Waals surface area contributed by atoms with E-state index in [-0.39, 0.29) is 18.6 Å². The topological polar surface area (TPSA) is 40.5 Å². The Kier molecular flexibility index (Phi) is 9.42. The minimum Gasteiger partial charge on any atom is -0.396 e. The lowest BCUT2D eigenvalue weighted by molar-refractivity contribution is 0.0532. The zero-order chi connectivity index (χ0) is 10.8. The maximum atomic E-state index is 9.80. The van der Waals surface area contributed by atoms with Gasteiger partial charge in [0.15, 0.2) is 0 Å². The molecule has 2 nitrogen and oxygen atoms in total. The van der Waals surface area contributed by atoms with E-state index in [1.807, 2.05) is 0 Å². The van der Waals surface area contributed by atoms with Crippen molar-refractivity contribution in [3.8, 4) is 0 Å². The molecule has 0 amide bonds. The fourth-order valence-corrected chi connectivity index (χ4v) is 1.71. The molecule has 14 heavy (non-hydrogen) atoms. The Hall–Kier alpha value is -0.0800. The van der Waals surface area contributed by atoms with Crippen molar-refractivity contribution in [2.75, 3.05) is 6.61 Å². The third kappa shape index (κ3) is 6.39. The highest BCUT2D eigenvalue weighted by Crippen LogP contribution is 2.17. The first-order valence-corrected chi connectivity index (χ1v) is 6.05. The molecule has 0 aromatic heterocycles. The smallest absolute Gasteiger partial charge is 0.0590 e. The van der Waals surface area contributed by atoms with Crippen LogP contribution in [0.15, 0.2) is 0 Å². The van der Waals surface area contributed by atoms with E-state index in [4.69, 9.17) is 5.11 Å². The molecule has 86 valence electrons. The van der Waals surface area contributed by atoms with E-state index >= 15 is 0 Å². The number of hydrogen-bond donors (Lipinski definition) is 2. The van der Waals surface area contributed by atoms with Gasteiger partial charge in [0.1, 0.15) is 0 Å². The van der Waals surface area contributed by atoms with Crippen LogP contribution >= 0.6 is 0 Å². The lowest BCUT2D eigenvalue weighted by atomic mass is 9.93. The molecule has 2 N–H and O–H groups in total. The molecule has 0 bridgehead atoms. The van der Waals surface area contributed by atoms with Crippen LogP contribution in [0.2, 0.25) is 0 Å². The van der Waals surface area contributed by atoms with E-state index in [1.165, 1.54) is 12.8 Å². The second kappa shape index (κ2) is 9.47. The van der Waals surface area contributed by atoms with Gasteiger partial charge in [-0.15, -0.1) is 0 Å². The predicted molar refractivity (Wildman–Crippen MR) is 60.2 cm³/mol. The third-order valence-corrected chi connectivity index (χ3v) is 2.81. The Morgan fingerprint density at radius 2 is 1.57 bits per heavy atom. The van der Waals surface area contributed by atoms with Gasteiger partial charge in [0, 0.05) is 12.5 Å². The summed E-state index contributed by atoms with van der Waals surface area (Å²) in [7, 11) is 0. The van der Waals surface area contributed by atoms with Crippen LogP contribution in [-0.2, 0) is 0 Å². The molecule has 0 spiro atoms. The molecular formula is C12H26O2. The molecule has 0 fully saturated rings. The number of unbranched alkanes of at least 4 members (excludes halogenated alkanes) is 3. The quantitative estimate of drug-likeness (QED) is 0.564. The van der Waals surface area contributed by atoms with Crippen LogP contribution in [0.5, 0.6) is 0 Å². The van der Waals surface area contributed by atoms with Gasteiger partial charge in [-0.05, 0) is 12.8 Å². The van der Waals surface area contributed by atoms with E-state index in [0.29, 0.717) is 0 Å². The van der Waals surface area contributed by atoms with Gasteiger partial charge in [0.25, 0.3) is 0 Å². The summed E-state index contributed by atoms with van der Waals surface area (Å²) in [6.07, 6.45) is 7.21. The Balaban J connectivity index is 3.61. The van der Waals surface area contributed by atoms with Gasteiger partial charge in [-0.25, -0.2) is 0 Å². The van der Waals surface area contributed by atoms with Crippen LogP contribution < -0.4 is 0 Å². The van der Waals surface area contributed by atoms with Crippen LogP contribution in [-0.4, -0.2) is 22.9 Å². The molecule has 0 heterocycles. The molecule has 0 unspecified atom stereocenters. The van der Waals surface area contributed by atoms with Crippen molar-refractivity contribution in [2.24, 2.45) is 5.92 Å². The molecule has 2 heteroatoms. The second-order valence-electron chi connectivity index (χ2n) is 4.15. The van der Waals surface area contributed by atoms with E-state index in [9.17, 15) is 5.11 Å². The first kappa shape index (κ1) is 13.9. The summed E-state index contributed by atoms with van der Waals surface area (Å²) in [4.78, 5) is 0. The van der Waals surface area contributed by atoms with Crippen LogP contribution in [0.4, 0.5) is 0 Å². The van der Waals surface area contributed by atoms with Crippen molar-refractivity contribution in [3.05, 3.63) is 0 Å². The summed E-state index contributed by atoms with van der Waals surface area (Å²) in [6, 6.07) is 0. The average molecular weight is 202 g/mol. The normalized spacial score (nSPS) is 15.4. The van der Waals surface area contributed by atoms with Gasteiger partial charge in [0.2, 0.25) is 0 Å². The van der Waals surface area contributed by atoms with Crippen LogP contribution in [0, 0.1) is 5.92 Å². The van der Waals surface area contributed by atoms with E-state index in [1.54, 1.807) is 0 Å². The van der Waals surface area contributed by atoms with Crippen molar-refractivity contribution in [1.29, 1.82) is 0 Å². The van der Waals surface area contributed by atoms with E-state index in [2.05, 4.69) is 13.8 Å². The number of aliphatic hydroxyl groups is 2. The highest BCUT2D eigenvalue weighted by atomic mass is 16.3. The molecule has 0 aliphatic rings. The Bertz CT molecular complexity index is 115. The maximum absolute atomic E-state index is 9.80. The molecule has 0 aromatic rings. The molecule has 2 atom stereocenters. The largest absolute Gasteiger partial charge is 0.396 e.